The van der Waals surface area contributed by atoms with Crippen LogP contribution in [0.5, 0.6) is 0 Å². The van der Waals surface area contributed by atoms with Crippen LogP contribution in [0, 0.1) is 12.8 Å². The summed E-state index contributed by atoms with van der Waals surface area (Å²) in [6.07, 6.45) is 3.79. The number of aromatic nitrogens is 2. The fourth-order valence-electron chi connectivity index (χ4n) is 2.58. The highest BCUT2D eigenvalue weighted by molar-refractivity contribution is 5.78. The molecular formula is C14H23N5O. The molecule has 2 heterocycles. The zero-order chi connectivity index (χ0) is 14.4. The van der Waals surface area contributed by atoms with E-state index in [1.807, 2.05) is 13.0 Å². The maximum absolute atomic E-state index is 12.0. The van der Waals surface area contributed by atoms with E-state index >= 15 is 0 Å². The van der Waals surface area contributed by atoms with Crippen LogP contribution in [-0.4, -0.2) is 47.0 Å². The Morgan fingerprint density at radius 2 is 2.45 bits per heavy atom. The molecule has 3 N–H and O–H groups in total. The normalized spacial score (nSPS) is 19.8. The molecule has 1 unspecified atom stereocenters. The number of nitrogens with zero attached hydrogens (tertiary/aromatic N) is 3. The van der Waals surface area contributed by atoms with E-state index in [1.165, 1.54) is 0 Å². The predicted molar refractivity (Wildman–Crippen MR) is 76.8 cm³/mol. The second kappa shape index (κ2) is 7.31. The van der Waals surface area contributed by atoms with Gasteiger partial charge in [0.1, 0.15) is 5.82 Å². The highest BCUT2D eigenvalue weighted by Crippen LogP contribution is 2.18. The Kier molecular flexibility index (Phi) is 5.43. The van der Waals surface area contributed by atoms with Crippen molar-refractivity contribution in [1.82, 2.24) is 20.2 Å². The van der Waals surface area contributed by atoms with Crippen molar-refractivity contribution >= 4 is 5.91 Å². The summed E-state index contributed by atoms with van der Waals surface area (Å²) in [5, 5.41) is 2.88. The number of carbonyl (C=O) groups is 1. The van der Waals surface area contributed by atoms with E-state index in [2.05, 4.69) is 20.2 Å². The maximum atomic E-state index is 12.0. The van der Waals surface area contributed by atoms with Gasteiger partial charge >= 0.3 is 0 Å². The molecule has 6 nitrogen and oxygen atoms in total. The van der Waals surface area contributed by atoms with Crippen LogP contribution in [0.15, 0.2) is 12.3 Å². The number of carbonyl (C=O) groups excluding carboxylic acids is 1. The van der Waals surface area contributed by atoms with Crippen molar-refractivity contribution < 1.29 is 4.79 Å². The molecule has 2 rings (SSSR count). The van der Waals surface area contributed by atoms with E-state index < -0.39 is 0 Å². The summed E-state index contributed by atoms with van der Waals surface area (Å²) in [5.41, 5.74) is 6.43. The topological polar surface area (TPSA) is 84.1 Å². The molecule has 1 aliphatic rings. The van der Waals surface area contributed by atoms with E-state index in [9.17, 15) is 4.79 Å². The van der Waals surface area contributed by atoms with E-state index in [-0.39, 0.29) is 11.8 Å². The lowest BCUT2D eigenvalue weighted by Gasteiger charge is -2.31. The Morgan fingerprint density at radius 1 is 1.60 bits per heavy atom. The van der Waals surface area contributed by atoms with Crippen LogP contribution in [0.25, 0.3) is 0 Å². The molecule has 1 amide bonds. The van der Waals surface area contributed by atoms with Gasteiger partial charge in [0, 0.05) is 32.4 Å². The third-order valence-electron chi connectivity index (χ3n) is 3.54. The first kappa shape index (κ1) is 14.9. The number of nitrogens with one attached hydrogen (secondary N) is 1. The molecule has 0 spiro atoms. The number of nitrogens with two attached hydrogens (primary N) is 1. The van der Waals surface area contributed by atoms with Crippen molar-refractivity contribution in [2.24, 2.45) is 11.7 Å². The largest absolute Gasteiger partial charge is 0.355 e. The number of amides is 1. The van der Waals surface area contributed by atoms with Crippen molar-refractivity contribution in [2.75, 3.05) is 26.2 Å². The summed E-state index contributed by atoms with van der Waals surface area (Å²) in [4.78, 5) is 22.8. The predicted octanol–water partition coefficient (Wildman–Crippen LogP) is 0.0719. The van der Waals surface area contributed by atoms with Crippen molar-refractivity contribution in [2.45, 2.75) is 26.3 Å². The minimum Gasteiger partial charge on any atom is -0.355 e. The smallest absolute Gasteiger partial charge is 0.224 e. The lowest BCUT2D eigenvalue weighted by Crippen LogP contribution is -2.43. The lowest BCUT2D eigenvalue weighted by atomic mass is 9.97. The van der Waals surface area contributed by atoms with Crippen LogP contribution in [-0.2, 0) is 11.3 Å². The fraction of sp³-hybridized carbons (Fsp3) is 0.643. The van der Waals surface area contributed by atoms with Crippen molar-refractivity contribution in [1.29, 1.82) is 0 Å². The van der Waals surface area contributed by atoms with Gasteiger partial charge in [-0.2, -0.15) is 0 Å². The molecule has 1 saturated heterocycles. The van der Waals surface area contributed by atoms with Gasteiger partial charge in [0.2, 0.25) is 5.91 Å². The first-order chi connectivity index (χ1) is 9.69. The zero-order valence-corrected chi connectivity index (χ0v) is 12.0. The number of hydrogen-bond acceptors (Lipinski definition) is 5. The quantitative estimate of drug-likeness (QED) is 0.796. The first-order valence-electron chi connectivity index (χ1n) is 7.17. The Hall–Kier alpha value is -1.53. The van der Waals surface area contributed by atoms with Gasteiger partial charge in [-0.1, -0.05) is 0 Å². The number of piperidine rings is 1. The minimum absolute atomic E-state index is 0.0678. The van der Waals surface area contributed by atoms with Gasteiger partial charge in [0.25, 0.3) is 0 Å². The summed E-state index contributed by atoms with van der Waals surface area (Å²) >= 11 is 0. The molecule has 1 atom stereocenters. The summed E-state index contributed by atoms with van der Waals surface area (Å²) < 4.78 is 0. The van der Waals surface area contributed by atoms with E-state index in [0.29, 0.717) is 13.1 Å². The Morgan fingerprint density at radius 3 is 3.20 bits per heavy atom. The second-order valence-electron chi connectivity index (χ2n) is 5.25. The van der Waals surface area contributed by atoms with Crippen molar-refractivity contribution in [3.63, 3.8) is 0 Å². The molecule has 0 saturated carbocycles. The van der Waals surface area contributed by atoms with Crippen LogP contribution in [0.4, 0.5) is 0 Å². The highest BCUT2D eigenvalue weighted by Gasteiger charge is 2.25. The van der Waals surface area contributed by atoms with Crippen LogP contribution < -0.4 is 11.1 Å². The SMILES string of the molecule is Cc1nccc(CN2CCCC(C(=O)NCCN)C2)n1. The molecule has 1 fully saturated rings. The highest BCUT2D eigenvalue weighted by atomic mass is 16.1. The number of likely N-dealkylation sites (tertiary alicyclic amines) is 1. The average molecular weight is 277 g/mol. The van der Waals surface area contributed by atoms with E-state index in [4.69, 9.17) is 5.73 Å². The van der Waals surface area contributed by atoms with Gasteiger partial charge in [-0.25, -0.2) is 9.97 Å². The van der Waals surface area contributed by atoms with Gasteiger partial charge in [-0.15, -0.1) is 0 Å². The van der Waals surface area contributed by atoms with Crippen molar-refractivity contribution in [3.8, 4) is 0 Å². The van der Waals surface area contributed by atoms with E-state index in [1.54, 1.807) is 6.20 Å². The molecule has 20 heavy (non-hydrogen) atoms. The third-order valence-corrected chi connectivity index (χ3v) is 3.54. The van der Waals surface area contributed by atoms with E-state index in [0.717, 1.165) is 44.0 Å². The zero-order valence-electron chi connectivity index (χ0n) is 12.0. The fourth-order valence-corrected chi connectivity index (χ4v) is 2.58. The number of rotatable bonds is 5. The van der Waals surface area contributed by atoms with Gasteiger partial charge in [-0.05, 0) is 32.4 Å². The van der Waals surface area contributed by atoms with Crippen LogP contribution in [0.2, 0.25) is 0 Å². The maximum Gasteiger partial charge on any atom is 0.224 e. The number of aryl methyl sites for hydroxylation is 1. The van der Waals surface area contributed by atoms with Gasteiger partial charge in [0.15, 0.2) is 0 Å². The molecule has 6 heteroatoms. The van der Waals surface area contributed by atoms with Crippen LogP contribution >= 0.6 is 0 Å². The minimum atomic E-state index is 0.0678. The van der Waals surface area contributed by atoms with Gasteiger partial charge in [0.05, 0.1) is 11.6 Å². The summed E-state index contributed by atoms with van der Waals surface area (Å²) in [5.74, 6) is 0.981. The molecule has 0 aromatic carbocycles. The lowest BCUT2D eigenvalue weighted by molar-refractivity contribution is -0.126. The number of hydrogen-bond donors (Lipinski definition) is 2. The summed E-state index contributed by atoms with van der Waals surface area (Å²) in [7, 11) is 0. The molecular weight excluding hydrogens is 254 g/mol. The third kappa shape index (κ3) is 4.25. The Bertz CT molecular complexity index is 451. The monoisotopic (exact) mass is 277 g/mol. The van der Waals surface area contributed by atoms with Crippen molar-refractivity contribution in [3.05, 3.63) is 23.8 Å². The first-order valence-corrected chi connectivity index (χ1v) is 7.17. The standard InChI is InChI=1S/C14H23N5O/c1-11-16-6-4-13(18-11)10-19-8-2-3-12(9-19)14(20)17-7-5-15/h4,6,12H,2-3,5,7-10,15H2,1H3,(H,17,20). The summed E-state index contributed by atoms with van der Waals surface area (Å²) in [6.45, 7) is 5.53. The second-order valence-corrected chi connectivity index (χ2v) is 5.25. The van der Waals surface area contributed by atoms with Crippen LogP contribution in [0.3, 0.4) is 0 Å². The van der Waals surface area contributed by atoms with Gasteiger partial charge < -0.3 is 11.1 Å². The Balaban J connectivity index is 1.88. The van der Waals surface area contributed by atoms with Gasteiger partial charge in [-0.3, -0.25) is 9.69 Å². The summed E-state index contributed by atoms with van der Waals surface area (Å²) in [6, 6.07) is 1.94. The molecule has 0 radical (unpaired) electrons. The molecule has 0 aliphatic carbocycles. The van der Waals surface area contributed by atoms with Crippen LogP contribution in [0.1, 0.15) is 24.4 Å². The molecule has 110 valence electrons. The molecule has 1 aromatic rings. The Labute approximate surface area is 119 Å². The molecule has 1 aliphatic heterocycles. The average Bonchev–Trinajstić information content (AvgIpc) is 2.45. The molecule has 1 aromatic heterocycles. The molecule has 0 bridgehead atoms.